The number of nitrogens with two attached hydrogens (primary N) is 1. The first-order chi connectivity index (χ1) is 15.7. The maximum absolute atomic E-state index is 12.9. The van der Waals surface area contributed by atoms with Crippen molar-refractivity contribution < 1.29 is 24.9 Å². The first-order valence-electron chi connectivity index (χ1n) is 12.1. The van der Waals surface area contributed by atoms with Gasteiger partial charge in [0.25, 0.3) is 0 Å². The maximum atomic E-state index is 12.9. The van der Waals surface area contributed by atoms with Gasteiger partial charge in [0.15, 0.2) is 0 Å². The van der Waals surface area contributed by atoms with Crippen LogP contribution in [0.2, 0.25) is 0 Å². The van der Waals surface area contributed by atoms with Crippen LogP contribution in [0.3, 0.4) is 0 Å². The van der Waals surface area contributed by atoms with Crippen molar-refractivity contribution in [3.63, 3.8) is 0 Å². The molecule has 0 aromatic carbocycles. The second kappa shape index (κ2) is 13.2. The fourth-order valence-corrected chi connectivity index (χ4v) is 4.30. The highest BCUT2D eigenvalue weighted by Gasteiger charge is 2.41. The fraction of sp³-hybridized carbons (Fsp3) is 0.667. The molecule has 7 nitrogen and oxygen atoms in total. The summed E-state index contributed by atoms with van der Waals surface area (Å²) in [6.45, 7) is 10.4. The normalized spacial score (nSPS) is 18.9. The highest BCUT2D eigenvalue weighted by atomic mass is 16.3. The minimum absolute atomic E-state index is 0.120. The summed E-state index contributed by atoms with van der Waals surface area (Å²) >= 11 is 0. The van der Waals surface area contributed by atoms with E-state index >= 15 is 0 Å². The van der Waals surface area contributed by atoms with Gasteiger partial charge in [-0.1, -0.05) is 45.8 Å². The van der Waals surface area contributed by atoms with Gasteiger partial charge in [-0.25, -0.2) is 0 Å². The molecular formula is C27H44N2O5. The van der Waals surface area contributed by atoms with Crippen LogP contribution in [0.5, 0.6) is 0 Å². The van der Waals surface area contributed by atoms with Gasteiger partial charge in [0, 0.05) is 24.6 Å². The van der Waals surface area contributed by atoms with Gasteiger partial charge >= 0.3 is 0 Å². The van der Waals surface area contributed by atoms with Crippen LogP contribution in [-0.4, -0.2) is 56.2 Å². The van der Waals surface area contributed by atoms with Crippen LogP contribution in [0.1, 0.15) is 79.3 Å². The fourth-order valence-electron chi connectivity index (χ4n) is 4.30. The number of Topliss-reactive ketones (excluding diaryl/α,β-unsaturated/α-hetero) is 1. The van der Waals surface area contributed by atoms with Gasteiger partial charge < -0.3 is 25.8 Å². The molecule has 1 aromatic heterocycles. The van der Waals surface area contributed by atoms with Crippen molar-refractivity contribution in [3.8, 4) is 0 Å². The average Bonchev–Trinajstić information content (AvgIpc) is 2.77. The SMILES string of the molecule is C/C(=C\c1ccccn1)C(N)CC(C)(O)CCCC(C)C(O)C(C)C(=O)C(C)(C)C(O)CC=O. The standard InChI is InChI=1S/C27H44N2O5/c1-18(24(32)20(3)25(33)26(4,5)23(31)12-15-30)10-9-13-27(6,34)17-22(28)19(2)16-21-11-7-8-14-29-21/h7-8,11,14-16,18,20,22-24,31-32,34H,9-10,12-13,17,28H2,1-6H3/b19-16+. The Bertz CT molecular complexity index is 806. The molecule has 0 spiro atoms. The highest BCUT2D eigenvalue weighted by Crippen LogP contribution is 2.32. The van der Waals surface area contributed by atoms with Crippen LogP contribution in [0, 0.1) is 17.3 Å². The quantitative estimate of drug-likeness (QED) is 0.285. The molecule has 1 heterocycles. The minimum Gasteiger partial charge on any atom is -0.392 e. The minimum atomic E-state index is -1.12. The predicted molar refractivity (Wildman–Crippen MR) is 135 cm³/mol. The molecule has 0 amide bonds. The van der Waals surface area contributed by atoms with E-state index in [-0.39, 0.29) is 24.2 Å². The molecule has 192 valence electrons. The van der Waals surface area contributed by atoms with Crippen molar-refractivity contribution in [1.29, 1.82) is 0 Å². The molecule has 0 radical (unpaired) electrons. The second-order valence-electron chi connectivity index (χ2n) is 10.6. The summed E-state index contributed by atoms with van der Waals surface area (Å²) in [5.41, 5.74) is 5.99. The van der Waals surface area contributed by atoms with E-state index < -0.39 is 29.1 Å². The molecule has 0 aliphatic heterocycles. The Morgan fingerprint density at radius 2 is 1.85 bits per heavy atom. The lowest BCUT2D eigenvalue weighted by molar-refractivity contribution is -0.142. The molecule has 0 bridgehead atoms. The Morgan fingerprint density at radius 1 is 1.21 bits per heavy atom. The third-order valence-corrected chi connectivity index (χ3v) is 6.98. The number of carbonyl (C=O) groups excluding carboxylic acids is 2. The zero-order valence-corrected chi connectivity index (χ0v) is 21.6. The van der Waals surface area contributed by atoms with Gasteiger partial charge in [-0.15, -0.1) is 0 Å². The summed E-state index contributed by atoms with van der Waals surface area (Å²) in [7, 11) is 0. The summed E-state index contributed by atoms with van der Waals surface area (Å²) in [5.74, 6) is -1.12. The van der Waals surface area contributed by atoms with E-state index in [0.29, 0.717) is 32.0 Å². The van der Waals surface area contributed by atoms with E-state index in [0.717, 1.165) is 11.3 Å². The zero-order valence-electron chi connectivity index (χ0n) is 21.6. The van der Waals surface area contributed by atoms with Crippen LogP contribution in [0.15, 0.2) is 30.0 Å². The largest absolute Gasteiger partial charge is 0.392 e. The van der Waals surface area contributed by atoms with Gasteiger partial charge in [0.1, 0.15) is 12.1 Å². The number of ketones is 1. The van der Waals surface area contributed by atoms with Crippen LogP contribution in [0.4, 0.5) is 0 Å². The summed E-state index contributed by atoms with van der Waals surface area (Å²) in [4.78, 5) is 27.9. The Kier molecular flexibility index (Phi) is 11.7. The van der Waals surface area contributed by atoms with Crippen molar-refractivity contribution in [3.05, 3.63) is 35.7 Å². The molecular weight excluding hydrogens is 432 g/mol. The maximum Gasteiger partial charge on any atom is 0.146 e. The summed E-state index contributed by atoms with van der Waals surface area (Å²) in [6, 6.07) is 5.35. The molecule has 0 saturated heterocycles. The number of aliphatic hydroxyl groups is 3. The average molecular weight is 477 g/mol. The molecule has 1 rings (SSSR count). The molecule has 5 N–H and O–H groups in total. The van der Waals surface area contributed by atoms with Crippen molar-refractivity contribution >= 4 is 18.1 Å². The van der Waals surface area contributed by atoms with Crippen LogP contribution >= 0.6 is 0 Å². The zero-order chi connectivity index (χ0) is 26.1. The highest BCUT2D eigenvalue weighted by molar-refractivity contribution is 5.87. The van der Waals surface area contributed by atoms with Gasteiger partial charge in [0.2, 0.25) is 0 Å². The first kappa shape index (κ1) is 30.1. The number of pyridine rings is 1. The molecule has 0 saturated carbocycles. The second-order valence-corrected chi connectivity index (χ2v) is 10.6. The Balaban J connectivity index is 2.60. The van der Waals surface area contributed by atoms with Gasteiger partial charge in [0.05, 0.1) is 28.9 Å². The third kappa shape index (κ3) is 9.02. The molecule has 34 heavy (non-hydrogen) atoms. The molecule has 6 unspecified atom stereocenters. The van der Waals surface area contributed by atoms with Gasteiger partial charge in [-0.05, 0) is 57.2 Å². The number of hydrogen-bond donors (Lipinski definition) is 4. The van der Waals surface area contributed by atoms with Crippen LogP contribution < -0.4 is 5.73 Å². The Morgan fingerprint density at radius 3 is 2.41 bits per heavy atom. The van der Waals surface area contributed by atoms with Crippen molar-refractivity contribution in [1.82, 2.24) is 4.98 Å². The topological polar surface area (TPSA) is 134 Å². The number of aldehydes is 1. The van der Waals surface area contributed by atoms with E-state index in [1.807, 2.05) is 38.1 Å². The molecule has 1 aromatic rings. The van der Waals surface area contributed by atoms with Gasteiger partial charge in [-0.3, -0.25) is 9.78 Å². The van der Waals surface area contributed by atoms with E-state index in [4.69, 9.17) is 5.73 Å². The molecule has 6 atom stereocenters. The van der Waals surface area contributed by atoms with E-state index in [2.05, 4.69) is 4.98 Å². The van der Waals surface area contributed by atoms with Crippen molar-refractivity contribution in [2.24, 2.45) is 23.0 Å². The summed E-state index contributed by atoms with van der Waals surface area (Å²) < 4.78 is 0. The lowest BCUT2D eigenvalue weighted by Crippen LogP contribution is -2.45. The smallest absolute Gasteiger partial charge is 0.146 e. The van der Waals surface area contributed by atoms with E-state index in [1.165, 1.54) is 0 Å². The predicted octanol–water partition coefficient (Wildman–Crippen LogP) is 3.30. The summed E-state index contributed by atoms with van der Waals surface area (Å²) in [6.07, 6.45) is 4.36. The monoisotopic (exact) mass is 476 g/mol. The van der Waals surface area contributed by atoms with Crippen molar-refractivity contribution in [2.75, 3.05) is 0 Å². The number of aliphatic hydroxyl groups excluding tert-OH is 2. The van der Waals surface area contributed by atoms with E-state index in [1.54, 1.807) is 33.9 Å². The molecule has 0 aliphatic carbocycles. The lowest BCUT2D eigenvalue weighted by atomic mass is 9.73. The Labute approximate surface area is 204 Å². The number of carbonyl (C=O) groups is 2. The van der Waals surface area contributed by atoms with Crippen LogP contribution in [0.25, 0.3) is 6.08 Å². The number of aromatic nitrogens is 1. The Hall–Kier alpha value is -1.93. The third-order valence-electron chi connectivity index (χ3n) is 6.98. The molecule has 0 fully saturated rings. The van der Waals surface area contributed by atoms with Gasteiger partial charge in [-0.2, -0.15) is 0 Å². The first-order valence-corrected chi connectivity index (χ1v) is 12.1. The molecule has 0 aliphatic rings. The van der Waals surface area contributed by atoms with Crippen molar-refractivity contribution in [2.45, 2.75) is 97.5 Å². The van der Waals surface area contributed by atoms with Crippen LogP contribution in [-0.2, 0) is 9.59 Å². The summed E-state index contributed by atoms with van der Waals surface area (Å²) in [5, 5.41) is 31.8. The number of rotatable bonds is 15. The lowest BCUT2D eigenvalue weighted by Gasteiger charge is -2.34. The number of hydrogen-bond acceptors (Lipinski definition) is 7. The molecule has 7 heteroatoms. The number of nitrogens with zero attached hydrogens (tertiary/aromatic N) is 1. The van der Waals surface area contributed by atoms with E-state index in [9.17, 15) is 24.9 Å².